The van der Waals surface area contributed by atoms with Gasteiger partial charge in [0.15, 0.2) is 11.6 Å². The molecule has 0 saturated carbocycles. The van der Waals surface area contributed by atoms with Gasteiger partial charge in [0.2, 0.25) is 0 Å². The number of hydrogen-bond donors (Lipinski definition) is 1. The molecule has 3 rings (SSSR count). The molecule has 0 aliphatic carbocycles. The average Bonchev–Trinajstić information content (AvgIpc) is 2.83. The molecule has 96 valence electrons. The zero-order valence-electron chi connectivity index (χ0n) is 9.98. The predicted octanol–water partition coefficient (Wildman–Crippen LogP) is 3.22. The Balaban J connectivity index is 1.76. The van der Waals surface area contributed by atoms with Crippen LogP contribution in [-0.4, -0.2) is 9.38 Å². The summed E-state index contributed by atoms with van der Waals surface area (Å²) in [6.07, 6.45) is 3.80. The van der Waals surface area contributed by atoms with E-state index >= 15 is 0 Å². The molecule has 2 aromatic heterocycles. The Hall–Kier alpha value is -2.43. The molecular weight excluding hydrogens is 248 g/mol. The van der Waals surface area contributed by atoms with Crippen LogP contribution in [0.2, 0.25) is 0 Å². The van der Waals surface area contributed by atoms with Crippen molar-refractivity contribution in [2.75, 3.05) is 5.32 Å². The van der Waals surface area contributed by atoms with Gasteiger partial charge in [-0.15, -0.1) is 0 Å². The number of nitrogens with one attached hydrogen (secondary N) is 1. The molecular formula is C14H11F2N3. The lowest BCUT2D eigenvalue weighted by molar-refractivity contribution is 0.509. The molecule has 0 unspecified atom stereocenters. The summed E-state index contributed by atoms with van der Waals surface area (Å²) in [6.45, 7) is 0.451. The van der Waals surface area contributed by atoms with Crippen molar-refractivity contribution in [1.29, 1.82) is 0 Å². The average molecular weight is 259 g/mol. The van der Waals surface area contributed by atoms with E-state index in [1.807, 2.05) is 35.0 Å². The van der Waals surface area contributed by atoms with E-state index in [-0.39, 0.29) is 0 Å². The molecule has 0 aliphatic heterocycles. The molecule has 0 fully saturated rings. The van der Waals surface area contributed by atoms with Gasteiger partial charge < -0.3 is 9.72 Å². The van der Waals surface area contributed by atoms with Gasteiger partial charge in [-0.25, -0.2) is 13.8 Å². The van der Waals surface area contributed by atoms with Crippen molar-refractivity contribution in [3.8, 4) is 0 Å². The number of anilines is 1. The molecule has 19 heavy (non-hydrogen) atoms. The fraction of sp³-hybridized carbons (Fsp3) is 0.0714. The smallest absolute Gasteiger partial charge is 0.160 e. The molecule has 0 spiro atoms. The van der Waals surface area contributed by atoms with Crippen LogP contribution in [0.4, 0.5) is 14.5 Å². The van der Waals surface area contributed by atoms with Crippen LogP contribution in [0.1, 0.15) is 5.69 Å². The lowest BCUT2D eigenvalue weighted by atomic mass is 10.3. The maximum Gasteiger partial charge on any atom is 0.160 e. The summed E-state index contributed by atoms with van der Waals surface area (Å²) in [5.41, 5.74) is 2.21. The number of imidazole rings is 1. The second kappa shape index (κ2) is 4.68. The van der Waals surface area contributed by atoms with Crippen LogP contribution in [-0.2, 0) is 6.54 Å². The Morgan fingerprint density at radius 3 is 2.79 bits per heavy atom. The third kappa shape index (κ3) is 2.40. The van der Waals surface area contributed by atoms with Crippen molar-refractivity contribution >= 4 is 11.3 Å². The molecule has 0 saturated heterocycles. The van der Waals surface area contributed by atoms with Gasteiger partial charge in [0.1, 0.15) is 5.65 Å². The number of benzene rings is 1. The third-order valence-electron chi connectivity index (χ3n) is 2.81. The number of hydrogen-bond acceptors (Lipinski definition) is 2. The minimum Gasteiger partial charge on any atom is -0.379 e. The molecule has 0 radical (unpaired) electrons. The van der Waals surface area contributed by atoms with Crippen LogP contribution in [0.5, 0.6) is 0 Å². The Labute approximate surface area is 108 Å². The van der Waals surface area contributed by atoms with Crippen molar-refractivity contribution in [2.45, 2.75) is 6.54 Å². The van der Waals surface area contributed by atoms with Gasteiger partial charge in [0, 0.05) is 24.1 Å². The van der Waals surface area contributed by atoms with Gasteiger partial charge in [-0.3, -0.25) is 0 Å². The lowest BCUT2D eigenvalue weighted by Gasteiger charge is -2.04. The number of pyridine rings is 1. The van der Waals surface area contributed by atoms with Crippen LogP contribution in [0.3, 0.4) is 0 Å². The highest BCUT2D eigenvalue weighted by Gasteiger charge is 2.04. The SMILES string of the molecule is Fc1ccc(NCc2cn3ccccc3n2)cc1F. The highest BCUT2D eigenvalue weighted by molar-refractivity contribution is 5.45. The van der Waals surface area contributed by atoms with E-state index < -0.39 is 11.6 Å². The number of aromatic nitrogens is 2. The van der Waals surface area contributed by atoms with Gasteiger partial charge in [-0.2, -0.15) is 0 Å². The molecule has 3 nitrogen and oxygen atoms in total. The third-order valence-corrected chi connectivity index (χ3v) is 2.81. The van der Waals surface area contributed by atoms with E-state index in [1.165, 1.54) is 6.07 Å². The van der Waals surface area contributed by atoms with Gasteiger partial charge in [0.05, 0.1) is 12.2 Å². The first-order valence-corrected chi connectivity index (χ1v) is 5.84. The fourth-order valence-corrected chi connectivity index (χ4v) is 1.87. The maximum absolute atomic E-state index is 13.0. The quantitative estimate of drug-likeness (QED) is 0.782. The largest absolute Gasteiger partial charge is 0.379 e. The molecule has 0 atom stereocenters. The first kappa shape index (κ1) is 11.6. The van der Waals surface area contributed by atoms with Crippen LogP contribution >= 0.6 is 0 Å². The molecule has 1 aromatic carbocycles. The van der Waals surface area contributed by atoms with Crippen LogP contribution in [0, 0.1) is 11.6 Å². The summed E-state index contributed by atoms with van der Waals surface area (Å²) in [4.78, 5) is 4.40. The Kier molecular flexibility index (Phi) is 2.87. The minimum absolute atomic E-state index is 0.451. The molecule has 0 aliphatic rings. The van der Waals surface area contributed by atoms with Crippen LogP contribution < -0.4 is 5.32 Å². The highest BCUT2D eigenvalue weighted by atomic mass is 19.2. The van der Waals surface area contributed by atoms with E-state index in [0.29, 0.717) is 12.2 Å². The van der Waals surface area contributed by atoms with Gasteiger partial charge in [-0.1, -0.05) is 6.07 Å². The lowest BCUT2D eigenvalue weighted by Crippen LogP contribution is -2.00. The molecule has 1 N–H and O–H groups in total. The molecule has 3 aromatic rings. The zero-order chi connectivity index (χ0) is 13.2. The number of rotatable bonds is 3. The number of nitrogens with zero attached hydrogens (tertiary/aromatic N) is 2. The number of halogens is 2. The predicted molar refractivity (Wildman–Crippen MR) is 68.9 cm³/mol. The highest BCUT2D eigenvalue weighted by Crippen LogP contribution is 2.14. The Bertz CT molecular complexity index is 689. The molecule has 5 heteroatoms. The van der Waals surface area contributed by atoms with Gasteiger partial charge >= 0.3 is 0 Å². The molecule has 0 bridgehead atoms. The van der Waals surface area contributed by atoms with Crippen LogP contribution in [0.15, 0.2) is 48.8 Å². The van der Waals surface area contributed by atoms with Gasteiger partial charge in [-0.05, 0) is 24.3 Å². The summed E-state index contributed by atoms with van der Waals surface area (Å²) < 4.78 is 27.7. The fourth-order valence-electron chi connectivity index (χ4n) is 1.87. The molecule has 2 heterocycles. The van der Waals surface area contributed by atoms with E-state index in [1.54, 1.807) is 0 Å². The first-order valence-electron chi connectivity index (χ1n) is 5.84. The Morgan fingerprint density at radius 1 is 1.11 bits per heavy atom. The van der Waals surface area contributed by atoms with E-state index in [9.17, 15) is 8.78 Å². The number of fused-ring (bicyclic) bond motifs is 1. The van der Waals surface area contributed by atoms with Crippen molar-refractivity contribution < 1.29 is 8.78 Å². The van der Waals surface area contributed by atoms with E-state index in [2.05, 4.69) is 10.3 Å². The summed E-state index contributed by atoms with van der Waals surface area (Å²) >= 11 is 0. The first-order chi connectivity index (χ1) is 9.22. The van der Waals surface area contributed by atoms with Gasteiger partial charge in [0.25, 0.3) is 0 Å². The van der Waals surface area contributed by atoms with Crippen molar-refractivity contribution in [2.24, 2.45) is 0 Å². The summed E-state index contributed by atoms with van der Waals surface area (Å²) in [5.74, 6) is -1.71. The second-order valence-corrected chi connectivity index (χ2v) is 4.18. The summed E-state index contributed by atoms with van der Waals surface area (Å²) in [6, 6.07) is 9.46. The van der Waals surface area contributed by atoms with Crippen molar-refractivity contribution in [3.63, 3.8) is 0 Å². The van der Waals surface area contributed by atoms with Crippen LogP contribution in [0.25, 0.3) is 5.65 Å². The summed E-state index contributed by atoms with van der Waals surface area (Å²) in [7, 11) is 0. The zero-order valence-corrected chi connectivity index (χ0v) is 9.98. The van der Waals surface area contributed by atoms with E-state index in [4.69, 9.17) is 0 Å². The molecule has 0 amide bonds. The second-order valence-electron chi connectivity index (χ2n) is 4.18. The normalized spacial score (nSPS) is 10.8. The van der Waals surface area contributed by atoms with Crippen molar-refractivity contribution in [1.82, 2.24) is 9.38 Å². The Morgan fingerprint density at radius 2 is 2.00 bits per heavy atom. The standard InChI is InChI=1S/C14H11F2N3/c15-12-5-4-10(7-13(12)16)17-8-11-9-19-6-2-1-3-14(19)18-11/h1-7,9,17H,8H2. The monoisotopic (exact) mass is 259 g/mol. The summed E-state index contributed by atoms with van der Waals surface area (Å²) in [5, 5.41) is 3.01. The van der Waals surface area contributed by atoms with Crippen molar-refractivity contribution in [3.05, 3.63) is 66.1 Å². The van der Waals surface area contributed by atoms with E-state index in [0.717, 1.165) is 23.5 Å². The maximum atomic E-state index is 13.0. The topological polar surface area (TPSA) is 29.3 Å². The minimum atomic E-state index is -0.861.